The minimum Gasteiger partial charge on any atom is -1.00 e. The third-order valence-electron chi connectivity index (χ3n) is 7.51. The zero-order valence-electron chi connectivity index (χ0n) is 25.9. The van der Waals surface area contributed by atoms with Crippen LogP contribution in [0.5, 0.6) is 0 Å². The highest BCUT2D eigenvalue weighted by Crippen LogP contribution is 2.16. The number of hydrogen-bond acceptors (Lipinski definition) is 3. The molecular weight excluding hydrogens is 524 g/mol. The molecule has 0 heterocycles. The summed E-state index contributed by atoms with van der Waals surface area (Å²) in [5, 5.41) is 8.23. The summed E-state index contributed by atoms with van der Waals surface area (Å²) in [6.07, 6.45) is 25.9. The monoisotopic (exact) mass is 584 g/mol. The van der Waals surface area contributed by atoms with E-state index in [1.165, 1.54) is 152 Å². The van der Waals surface area contributed by atoms with Crippen molar-refractivity contribution >= 4 is 9.84 Å². The van der Waals surface area contributed by atoms with Crippen molar-refractivity contribution in [1.82, 2.24) is 0 Å². The maximum Gasteiger partial charge on any atom is 0.191 e. The van der Waals surface area contributed by atoms with Gasteiger partial charge in [0.15, 0.2) is 9.84 Å². The van der Waals surface area contributed by atoms with Crippen LogP contribution in [0.25, 0.3) is 0 Å². The Balaban J connectivity index is 0. The Kier molecular flexibility index (Phi) is 27.8. The highest BCUT2D eigenvalue weighted by atomic mass is 35.5. The van der Waals surface area contributed by atoms with Crippen molar-refractivity contribution in [2.75, 3.05) is 32.4 Å². The van der Waals surface area contributed by atoms with Crippen LogP contribution >= 0.6 is 0 Å². The fraction of sp³-hybridized carbons (Fsp3) is 0.788. The molecular formula is C33H61ClN2O2S. The Morgan fingerprint density at radius 2 is 0.949 bits per heavy atom. The molecule has 39 heavy (non-hydrogen) atoms. The fourth-order valence-electron chi connectivity index (χ4n) is 4.95. The van der Waals surface area contributed by atoms with Crippen molar-refractivity contribution in [2.45, 2.75) is 141 Å². The van der Waals surface area contributed by atoms with Crippen LogP contribution in [0.1, 0.15) is 136 Å². The number of quaternary nitrogens is 1. The molecule has 0 bridgehead atoms. The van der Waals surface area contributed by atoms with E-state index in [2.05, 4.69) is 27.8 Å². The second-order valence-corrected chi connectivity index (χ2v) is 13.3. The van der Waals surface area contributed by atoms with Gasteiger partial charge < -0.3 is 16.9 Å². The highest BCUT2D eigenvalue weighted by molar-refractivity contribution is 7.91. The Morgan fingerprint density at radius 3 is 1.28 bits per heavy atom. The quantitative estimate of drug-likeness (QED) is 0.109. The average Bonchev–Trinajstić information content (AvgIpc) is 2.91. The first kappa shape index (κ1) is 40.1. The van der Waals surface area contributed by atoms with Crippen LogP contribution in [0, 0.1) is 11.3 Å². The van der Waals surface area contributed by atoms with E-state index < -0.39 is 15.6 Å². The number of nitriles is 1. The van der Waals surface area contributed by atoms with E-state index in [0.717, 1.165) is 0 Å². The van der Waals surface area contributed by atoms with Crippen molar-refractivity contribution in [2.24, 2.45) is 0 Å². The number of hydrogen-bond donors (Lipinski definition) is 0. The standard InChI is InChI=1S/C25H54N.C8H7NO2S.ClH/c1-5-8-11-14-17-20-23-26(4,24-21-18-15-12-9-6-2)25-22-19-16-13-10-7-3;9-6-7-12(10,11)8-4-2-1-3-5-8;/h5-25H2,1-4H3;1-5H,7H2;1H/q+1;;/p-1. The van der Waals surface area contributed by atoms with Gasteiger partial charge in [-0.25, -0.2) is 8.42 Å². The molecule has 0 spiro atoms. The summed E-state index contributed by atoms with van der Waals surface area (Å²) in [6, 6.07) is 9.56. The van der Waals surface area contributed by atoms with Crippen molar-refractivity contribution in [3.8, 4) is 6.07 Å². The van der Waals surface area contributed by atoms with Gasteiger partial charge in [0.25, 0.3) is 0 Å². The lowest BCUT2D eigenvalue weighted by molar-refractivity contribution is -0.910. The Bertz CT molecular complexity index is 753. The van der Waals surface area contributed by atoms with E-state index in [1.807, 2.05) is 0 Å². The zero-order valence-corrected chi connectivity index (χ0v) is 27.5. The van der Waals surface area contributed by atoms with E-state index in [9.17, 15) is 8.42 Å². The SMILES string of the molecule is CCCCCCCC[N+](C)(CCCCCCCC)CCCCCCCC.N#CCS(=O)(=O)c1ccccc1.[Cl-]. The van der Waals surface area contributed by atoms with Crippen LogP contribution in [0.3, 0.4) is 0 Å². The largest absolute Gasteiger partial charge is 1.00 e. The molecule has 228 valence electrons. The van der Waals surface area contributed by atoms with Gasteiger partial charge in [0.1, 0.15) is 5.75 Å². The first-order chi connectivity index (χ1) is 18.3. The van der Waals surface area contributed by atoms with Gasteiger partial charge in [-0.05, 0) is 50.7 Å². The predicted octanol–water partition coefficient (Wildman–Crippen LogP) is 6.50. The predicted molar refractivity (Wildman–Crippen MR) is 165 cm³/mol. The van der Waals surface area contributed by atoms with E-state index in [0.29, 0.717) is 0 Å². The van der Waals surface area contributed by atoms with Gasteiger partial charge >= 0.3 is 0 Å². The van der Waals surface area contributed by atoms with Gasteiger partial charge in [0.2, 0.25) is 0 Å². The molecule has 0 radical (unpaired) electrons. The summed E-state index contributed by atoms with van der Waals surface area (Å²) in [5.41, 5.74) is 0. The third-order valence-corrected chi connectivity index (χ3v) is 9.01. The summed E-state index contributed by atoms with van der Waals surface area (Å²) < 4.78 is 23.8. The highest BCUT2D eigenvalue weighted by Gasteiger charge is 2.20. The Hall–Kier alpha value is -1.09. The second kappa shape index (κ2) is 27.1. The van der Waals surface area contributed by atoms with Crippen LogP contribution < -0.4 is 12.4 Å². The van der Waals surface area contributed by atoms with Crippen LogP contribution in [0.15, 0.2) is 35.2 Å². The molecule has 0 saturated carbocycles. The van der Waals surface area contributed by atoms with E-state index in [1.54, 1.807) is 24.3 Å². The molecule has 0 saturated heterocycles. The van der Waals surface area contributed by atoms with Gasteiger partial charge in [-0.2, -0.15) is 5.26 Å². The summed E-state index contributed by atoms with van der Waals surface area (Å²) in [6.45, 7) is 11.2. The molecule has 0 atom stereocenters. The van der Waals surface area contributed by atoms with Gasteiger partial charge in [-0.15, -0.1) is 0 Å². The number of benzene rings is 1. The van der Waals surface area contributed by atoms with E-state index in [-0.39, 0.29) is 17.3 Å². The first-order valence-electron chi connectivity index (χ1n) is 15.8. The summed E-state index contributed by atoms with van der Waals surface area (Å²) >= 11 is 0. The first-order valence-corrected chi connectivity index (χ1v) is 17.5. The maximum atomic E-state index is 11.2. The summed E-state index contributed by atoms with van der Waals surface area (Å²) in [4.78, 5) is 0.201. The van der Waals surface area contributed by atoms with Crippen molar-refractivity contribution in [3.63, 3.8) is 0 Å². The normalized spacial score (nSPS) is 11.3. The molecule has 0 aliphatic carbocycles. The van der Waals surface area contributed by atoms with Crippen LogP contribution in [0.4, 0.5) is 0 Å². The number of rotatable bonds is 23. The zero-order chi connectivity index (χ0) is 28.4. The summed E-state index contributed by atoms with van der Waals surface area (Å²) in [7, 11) is -0.812. The number of halogens is 1. The maximum absolute atomic E-state index is 11.2. The number of nitrogens with zero attached hydrogens (tertiary/aromatic N) is 2. The van der Waals surface area contributed by atoms with Crippen molar-refractivity contribution in [3.05, 3.63) is 30.3 Å². The van der Waals surface area contributed by atoms with E-state index >= 15 is 0 Å². The van der Waals surface area contributed by atoms with Crippen molar-refractivity contribution < 1.29 is 25.3 Å². The van der Waals surface area contributed by atoms with Gasteiger partial charge in [0, 0.05) is 0 Å². The smallest absolute Gasteiger partial charge is 0.191 e. The van der Waals surface area contributed by atoms with Crippen LogP contribution in [0.2, 0.25) is 0 Å². The lowest BCUT2D eigenvalue weighted by Crippen LogP contribution is -3.00. The molecule has 0 amide bonds. The second-order valence-electron chi connectivity index (χ2n) is 11.3. The van der Waals surface area contributed by atoms with Crippen molar-refractivity contribution in [1.29, 1.82) is 5.26 Å². The van der Waals surface area contributed by atoms with Crippen LogP contribution in [-0.2, 0) is 9.84 Å². The Labute approximate surface area is 249 Å². The lowest BCUT2D eigenvalue weighted by atomic mass is 10.1. The Morgan fingerprint density at radius 1 is 0.615 bits per heavy atom. The minimum atomic E-state index is -3.37. The van der Waals surface area contributed by atoms with Gasteiger partial charge in [-0.3, -0.25) is 0 Å². The topological polar surface area (TPSA) is 57.9 Å². The summed E-state index contributed by atoms with van der Waals surface area (Å²) in [5.74, 6) is -0.461. The minimum absolute atomic E-state index is 0. The third kappa shape index (κ3) is 23.3. The van der Waals surface area contributed by atoms with Gasteiger partial charge in [0.05, 0.1) is 37.6 Å². The molecule has 1 rings (SSSR count). The molecule has 1 aromatic carbocycles. The molecule has 6 heteroatoms. The molecule has 0 aliphatic rings. The van der Waals surface area contributed by atoms with Crippen LogP contribution in [-0.4, -0.2) is 45.3 Å². The lowest BCUT2D eigenvalue weighted by Gasteiger charge is -2.35. The molecule has 0 fully saturated rings. The fourth-order valence-corrected chi connectivity index (χ4v) is 5.86. The molecule has 0 unspecified atom stereocenters. The number of sulfone groups is 1. The average molecular weight is 585 g/mol. The molecule has 0 N–H and O–H groups in total. The molecule has 1 aromatic rings. The molecule has 0 aliphatic heterocycles. The number of unbranched alkanes of at least 4 members (excludes halogenated alkanes) is 15. The van der Waals surface area contributed by atoms with E-state index in [4.69, 9.17) is 5.26 Å². The van der Waals surface area contributed by atoms with Gasteiger partial charge in [-0.1, -0.05) is 116 Å². The molecule has 4 nitrogen and oxygen atoms in total. The molecule has 0 aromatic heterocycles.